The van der Waals surface area contributed by atoms with Crippen LogP contribution in [0.15, 0.2) is 24.3 Å². The number of ether oxygens (including phenoxy) is 1. The summed E-state index contributed by atoms with van der Waals surface area (Å²) >= 11 is 5.95. The molecule has 2 rings (SSSR count). The summed E-state index contributed by atoms with van der Waals surface area (Å²) in [5.41, 5.74) is -0.222. The second-order valence-electron chi connectivity index (χ2n) is 3.84. The minimum Gasteiger partial charge on any atom is -0.430 e. The Kier molecular flexibility index (Phi) is 3.99. The zero-order valence-corrected chi connectivity index (χ0v) is 11.5. The molecule has 0 aliphatic carbocycles. The molecule has 1 aromatic heterocycles. The summed E-state index contributed by atoms with van der Waals surface area (Å²) in [4.78, 5) is 18.6. The van der Waals surface area contributed by atoms with E-state index in [-0.39, 0.29) is 22.3 Å². The molecule has 0 fully saturated rings. The Morgan fingerprint density at radius 1 is 1.40 bits per heavy atom. The number of rotatable bonds is 4. The van der Waals surface area contributed by atoms with Gasteiger partial charge in [0, 0.05) is 19.2 Å². The molecular formula is C12H11ClN4O3. The molecule has 0 saturated carbocycles. The molecule has 2 aromatic rings. The quantitative estimate of drug-likeness (QED) is 0.688. The monoisotopic (exact) mass is 294 g/mol. The maximum absolute atomic E-state index is 11.0. The van der Waals surface area contributed by atoms with Crippen molar-refractivity contribution in [2.45, 2.75) is 6.92 Å². The number of anilines is 1. The molecule has 7 nitrogen and oxygen atoms in total. The third kappa shape index (κ3) is 2.94. The van der Waals surface area contributed by atoms with E-state index in [1.807, 2.05) is 0 Å². The average Bonchev–Trinajstić information content (AvgIpc) is 2.40. The molecule has 0 aliphatic rings. The molecular weight excluding hydrogens is 284 g/mol. The summed E-state index contributed by atoms with van der Waals surface area (Å²) in [6.07, 6.45) is 0. The summed E-state index contributed by atoms with van der Waals surface area (Å²) in [7, 11) is 1.70. The lowest BCUT2D eigenvalue weighted by Crippen LogP contribution is -2.00. The Bertz CT molecular complexity index is 663. The molecule has 1 heterocycles. The van der Waals surface area contributed by atoms with Crippen LogP contribution in [-0.4, -0.2) is 21.9 Å². The van der Waals surface area contributed by atoms with E-state index in [2.05, 4.69) is 15.3 Å². The maximum Gasteiger partial charge on any atom is 0.313 e. The fraction of sp³-hybridized carbons (Fsp3) is 0.167. The molecule has 0 bridgehead atoms. The fourth-order valence-corrected chi connectivity index (χ4v) is 1.78. The number of aromatic nitrogens is 2. The molecule has 1 aromatic carbocycles. The first-order valence-corrected chi connectivity index (χ1v) is 6.03. The van der Waals surface area contributed by atoms with Gasteiger partial charge in [-0.25, -0.2) is 4.98 Å². The Balaban J connectivity index is 2.44. The van der Waals surface area contributed by atoms with Crippen LogP contribution >= 0.6 is 11.6 Å². The van der Waals surface area contributed by atoms with Crippen LogP contribution in [0.2, 0.25) is 5.02 Å². The number of para-hydroxylation sites is 1. The van der Waals surface area contributed by atoms with E-state index in [0.717, 1.165) is 0 Å². The van der Waals surface area contributed by atoms with Gasteiger partial charge in [0.05, 0.1) is 9.95 Å². The highest BCUT2D eigenvalue weighted by molar-refractivity contribution is 6.32. The topological polar surface area (TPSA) is 90.2 Å². The van der Waals surface area contributed by atoms with Gasteiger partial charge in [0.25, 0.3) is 0 Å². The van der Waals surface area contributed by atoms with Crippen LogP contribution in [0.4, 0.5) is 11.5 Å². The molecule has 20 heavy (non-hydrogen) atoms. The Labute approximate surface area is 119 Å². The summed E-state index contributed by atoms with van der Waals surface area (Å²) in [6, 6.07) is 5.84. The Morgan fingerprint density at radius 2 is 2.15 bits per heavy atom. The lowest BCUT2D eigenvalue weighted by molar-refractivity contribution is -0.385. The third-order valence-electron chi connectivity index (χ3n) is 2.42. The number of nitrogens with one attached hydrogen (secondary N) is 1. The van der Waals surface area contributed by atoms with Gasteiger partial charge in [-0.15, -0.1) is 0 Å². The number of halogens is 1. The smallest absolute Gasteiger partial charge is 0.313 e. The zero-order chi connectivity index (χ0) is 14.7. The largest absolute Gasteiger partial charge is 0.430 e. The van der Waals surface area contributed by atoms with Crippen LogP contribution in [0, 0.1) is 17.0 Å². The van der Waals surface area contributed by atoms with E-state index in [4.69, 9.17) is 16.3 Å². The number of nitro groups is 1. The predicted molar refractivity (Wildman–Crippen MR) is 74.5 cm³/mol. The van der Waals surface area contributed by atoms with Crippen LogP contribution in [-0.2, 0) is 0 Å². The Morgan fingerprint density at radius 3 is 2.80 bits per heavy atom. The molecule has 104 valence electrons. The highest BCUT2D eigenvalue weighted by Gasteiger charge is 2.19. The third-order valence-corrected chi connectivity index (χ3v) is 2.72. The van der Waals surface area contributed by atoms with Gasteiger partial charge in [-0.3, -0.25) is 10.1 Å². The van der Waals surface area contributed by atoms with Crippen molar-refractivity contribution in [3.63, 3.8) is 0 Å². The minimum atomic E-state index is -0.561. The molecule has 0 saturated heterocycles. The van der Waals surface area contributed by atoms with Gasteiger partial charge in [0.15, 0.2) is 0 Å². The number of hydrogen-bond acceptors (Lipinski definition) is 6. The standard InChI is InChI=1S/C12H11ClN4O3/c1-7-15-10(14-2)6-11(16-7)20-12-8(13)4-3-5-9(12)17(18)19/h3-6H,1-2H3,(H,14,15,16). The van der Waals surface area contributed by atoms with Crippen molar-refractivity contribution in [1.29, 1.82) is 0 Å². The van der Waals surface area contributed by atoms with Crippen LogP contribution in [0.3, 0.4) is 0 Å². The molecule has 1 N–H and O–H groups in total. The first-order chi connectivity index (χ1) is 9.51. The molecule has 0 aliphatic heterocycles. The summed E-state index contributed by atoms with van der Waals surface area (Å²) in [5, 5.41) is 14.0. The SMILES string of the molecule is CNc1cc(Oc2c(Cl)cccc2[N+](=O)[O-])nc(C)n1. The van der Waals surface area contributed by atoms with E-state index < -0.39 is 4.92 Å². The van der Waals surface area contributed by atoms with Crippen LogP contribution in [0.25, 0.3) is 0 Å². The molecule has 0 spiro atoms. The number of benzene rings is 1. The number of aryl methyl sites for hydroxylation is 1. The number of hydrogen-bond donors (Lipinski definition) is 1. The molecule has 0 radical (unpaired) electrons. The highest BCUT2D eigenvalue weighted by Crippen LogP contribution is 2.37. The second-order valence-corrected chi connectivity index (χ2v) is 4.24. The van der Waals surface area contributed by atoms with Crippen molar-refractivity contribution in [2.24, 2.45) is 0 Å². The first kappa shape index (κ1) is 14.0. The first-order valence-electron chi connectivity index (χ1n) is 5.65. The van der Waals surface area contributed by atoms with E-state index in [0.29, 0.717) is 11.6 Å². The molecule has 0 amide bonds. The maximum atomic E-state index is 11.0. The van der Waals surface area contributed by atoms with Gasteiger partial charge < -0.3 is 10.1 Å². The zero-order valence-electron chi connectivity index (χ0n) is 10.8. The molecule has 0 unspecified atom stereocenters. The van der Waals surface area contributed by atoms with Crippen LogP contribution in [0.1, 0.15) is 5.82 Å². The van der Waals surface area contributed by atoms with Crippen molar-refractivity contribution in [3.05, 3.63) is 45.2 Å². The number of nitrogens with zero attached hydrogens (tertiary/aromatic N) is 3. The van der Waals surface area contributed by atoms with Gasteiger partial charge in [-0.1, -0.05) is 17.7 Å². The van der Waals surface area contributed by atoms with Gasteiger partial charge in [0.2, 0.25) is 11.6 Å². The summed E-state index contributed by atoms with van der Waals surface area (Å²) < 4.78 is 5.46. The van der Waals surface area contributed by atoms with E-state index in [1.165, 1.54) is 24.3 Å². The van der Waals surface area contributed by atoms with Crippen LogP contribution < -0.4 is 10.1 Å². The molecule has 0 atom stereocenters. The number of nitro benzene ring substituents is 1. The van der Waals surface area contributed by atoms with Crippen molar-refractivity contribution >= 4 is 23.1 Å². The van der Waals surface area contributed by atoms with E-state index in [1.54, 1.807) is 14.0 Å². The van der Waals surface area contributed by atoms with Gasteiger partial charge >= 0.3 is 5.69 Å². The highest BCUT2D eigenvalue weighted by atomic mass is 35.5. The van der Waals surface area contributed by atoms with Gasteiger partial charge in [-0.2, -0.15) is 4.98 Å². The van der Waals surface area contributed by atoms with Crippen LogP contribution in [0.5, 0.6) is 11.6 Å². The lowest BCUT2D eigenvalue weighted by Gasteiger charge is -2.09. The lowest BCUT2D eigenvalue weighted by atomic mass is 10.3. The predicted octanol–water partition coefficient (Wildman–Crippen LogP) is 3.18. The average molecular weight is 295 g/mol. The summed E-state index contributed by atoms with van der Waals surface area (Å²) in [5.74, 6) is 1.15. The van der Waals surface area contributed by atoms with E-state index >= 15 is 0 Å². The van der Waals surface area contributed by atoms with Crippen molar-refractivity contribution in [2.75, 3.05) is 12.4 Å². The normalized spacial score (nSPS) is 10.2. The van der Waals surface area contributed by atoms with Crippen molar-refractivity contribution in [3.8, 4) is 11.6 Å². The van der Waals surface area contributed by atoms with Gasteiger partial charge in [0.1, 0.15) is 11.6 Å². The van der Waals surface area contributed by atoms with E-state index in [9.17, 15) is 10.1 Å². The summed E-state index contributed by atoms with van der Waals surface area (Å²) in [6.45, 7) is 1.69. The molecule has 8 heteroatoms. The van der Waals surface area contributed by atoms with Crippen molar-refractivity contribution in [1.82, 2.24) is 9.97 Å². The van der Waals surface area contributed by atoms with Gasteiger partial charge in [-0.05, 0) is 13.0 Å². The Hall–Kier alpha value is -2.41. The minimum absolute atomic E-state index is 0.0423. The van der Waals surface area contributed by atoms with Crippen molar-refractivity contribution < 1.29 is 9.66 Å². The fourth-order valence-electron chi connectivity index (χ4n) is 1.57. The second kappa shape index (κ2) is 5.70.